The van der Waals surface area contributed by atoms with Crippen molar-refractivity contribution in [3.05, 3.63) is 89.5 Å². The maximum absolute atomic E-state index is 12.9. The van der Waals surface area contributed by atoms with Crippen molar-refractivity contribution in [2.45, 2.75) is 19.6 Å². The molecule has 3 N–H and O–H groups in total. The van der Waals surface area contributed by atoms with Gasteiger partial charge in [0.2, 0.25) is 0 Å². The van der Waals surface area contributed by atoms with Gasteiger partial charge in [-0.15, -0.1) is 0 Å². The molecule has 3 aromatic carbocycles. The molecule has 3 aromatic rings. The van der Waals surface area contributed by atoms with Gasteiger partial charge < -0.3 is 20.3 Å². The van der Waals surface area contributed by atoms with Gasteiger partial charge in [0.25, 0.3) is 0 Å². The van der Waals surface area contributed by atoms with Crippen LogP contribution in [0.2, 0.25) is 0 Å². The summed E-state index contributed by atoms with van der Waals surface area (Å²) in [5, 5.41) is 8.94. The number of carbonyl (C=O) groups excluding carboxylic acids is 2. The van der Waals surface area contributed by atoms with Crippen molar-refractivity contribution in [1.82, 2.24) is 0 Å². The topological polar surface area (TPSA) is 98.9 Å². The number of ether oxygens (including phenoxy) is 2. The van der Waals surface area contributed by atoms with E-state index in [1.165, 1.54) is 0 Å². The van der Waals surface area contributed by atoms with E-state index in [0.29, 0.717) is 11.1 Å². The summed E-state index contributed by atoms with van der Waals surface area (Å²) in [6.45, 7) is 1.24. The fourth-order valence-corrected chi connectivity index (χ4v) is 3.00. The summed E-state index contributed by atoms with van der Waals surface area (Å²) in [6.07, 6.45) is 0. The molecule has 154 valence electrons. The molecule has 0 radical (unpaired) electrons. The Morgan fingerprint density at radius 2 is 1.67 bits per heavy atom. The number of nitrogens with two attached hydrogens (primary N) is 1. The molecule has 30 heavy (non-hydrogen) atoms. The molecule has 0 saturated carbocycles. The second-order valence-corrected chi connectivity index (χ2v) is 6.74. The number of para-hydroxylation sites is 1. The highest BCUT2D eigenvalue weighted by Gasteiger charge is 2.18. The maximum Gasteiger partial charge on any atom is 0.343 e. The summed E-state index contributed by atoms with van der Waals surface area (Å²) in [4.78, 5) is 24.6. The lowest BCUT2D eigenvalue weighted by molar-refractivity contribution is -0.147. The second kappa shape index (κ2) is 9.82. The summed E-state index contributed by atoms with van der Waals surface area (Å²) in [6, 6.07) is 21.0. The molecule has 0 heterocycles. The van der Waals surface area contributed by atoms with Crippen LogP contribution in [0.4, 0.5) is 0 Å². The maximum atomic E-state index is 12.9. The Labute approximate surface area is 174 Å². The molecule has 0 aromatic heterocycles. The number of carbonyl (C=O) groups is 2. The predicted octanol–water partition coefficient (Wildman–Crippen LogP) is 3.24. The zero-order chi connectivity index (χ0) is 21.5. The lowest BCUT2D eigenvalue weighted by Gasteiger charge is -2.14. The Hall–Kier alpha value is -3.48. The van der Waals surface area contributed by atoms with Crippen LogP contribution >= 0.6 is 0 Å². The second-order valence-electron chi connectivity index (χ2n) is 6.74. The average Bonchev–Trinajstić information content (AvgIpc) is 2.78. The van der Waals surface area contributed by atoms with Gasteiger partial charge in [0, 0.05) is 5.56 Å². The molecule has 0 amide bonds. The van der Waals surface area contributed by atoms with Crippen LogP contribution in [0.15, 0.2) is 72.8 Å². The van der Waals surface area contributed by atoms with Gasteiger partial charge in [-0.05, 0) is 35.7 Å². The van der Waals surface area contributed by atoms with Gasteiger partial charge >= 0.3 is 11.9 Å². The lowest BCUT2D eigenvalue weighted by Crippen LogP contribution is -2.35. The molecular weight excluding hydrogens is 382 g/mol. The third-order valence-electron chi connectivity index (χ3n) is 4.68. The van der Waals surface area contributed by atoms with Crippen molar-refractivity contribution >= 4 is 11.9 Å². The average molecular weight is 405 g/mol. The van der Waals surface area contributed by atoms with Crippen molar-refractivity contribution in [2.75, 3.05) is 6.61 Å². The highest BCUT2D eigenvalue weighted by atomic mass is 16.5. The predicted molar refractivity (Wildman–Crippen MR) is 113 cm³/mol. The van der Waals surface area contributed by atoms with Crippen LogP contribution in [0, 0.1) is 6.92 Å². The van der Waals surface area contributed by atoms with E-state index >= 15 is 0 Å². The first-order chi connectivity index (χ1) is 14.5. The van der Waals surface area contributed by atoms with Crippen LogP contribution in [-0.4, -0.2) is 29.7 Å². The number of aliphatic hydroxyl groups excluding tert-OH is 1. The number of aliphatic hydroxyl groups is 1. The molecule has 6 heteroatoms. The van der Waals surface area contributed by atoms with Crippen LogP contribution in [0.1, 0.15) is 21.5 Å². The summed E-state index contributed by atoms with van der Waals surface area (Å²) < 4.78 is 10.7. The number of esters is 2. The molecule has 0 aliphatic rings. The molecule has 0 aliphatic carbocycles. The Morgan fingerprint density at radius 1 is 0.967 bits per heavy atom. The van der Waals surface area contributed by atoms with E-state index in [2.05, 4.69) is 0 Å². The molecule has 0 saturated heterocycles. The molecule has 0 fully saturated rings. The van der Waals surface area contributed by atoms with Crippen LogP contribution in [0.3, 0.4) is 0 Å². The van der Waals surface area contributed by atoms with E-state index in [0.717, 1.165) is 16.7 Å². The van der Waals surface area contributed by atoms with Gasteiger partial charge in [0.05, 0.1) is 12.2 Å². The first-order valence-electron chi connectivity index (χ1n) is 9.49. The van der Waals surface area contributed by atoms with Crippen LogP contribution < -0.4 is 10.5 Å². The lowest BCUT2D eigenvalue weighted by atomic mass is 9.96. The number of hydrogen-bond donors (Lipinski definition) is 2. The van der Waals surface area contributed by atoms with Gasteiger partial charge in [-0.3, -0.25) is 4.79 Å². The Kier molecular flexibility index (Phi) is 6.95. The summed E-state index contributed by atoms with van der Waals surface area (Å²) >= 11 is 0. The van der Waals surface area contributed by atoms with Gasteiger partial charge in [-0.25, -0.2) is 4.79 Å². The zero-order valence-corrected chi connectivity index (χ0v) is 16.6. The van der Waals surface area contributed by atoms with Crippen LogP contribution in [-0.2, 0) is 16.1 Å². The molecule has 1 atom stereocenters. The molecule has 6 nitrogen and oxygen atoms in total. The molecular formula is C24H23NO5. The van der Waals surface area contributed by atoms with Gasteiger partial charge in [-0.2, -0.15) is 0 Å². The third kappa shape index (κ3) is 4.92. The summed E-state index contributed by atoms with van der Waals surface area (Å²) in [7, 11) is 0. The smallest absolute Gasteiger partial charge is 0.343 e. The number of hydrogen-bond acceptors (Lipinski definition) is 6. The largest absolute Gasteiger partial charge is 0.459 e. The minimum absolute atomic E-state index is 0.126. The molecule has 0 unspecified atom stereocenters. The molecule has 0 bridgehead atoms. The number of rotatable bonds is 7. The highest BCUT2D eigenvalue weighted by Crippen LogP contribution is 2.27. The minimum atomic E-state index is -1.11. The normalized spacial score (nSPS) is 11.6. The highest BCUT2D eigenvalue weighted by molar-refractivity contribution is 5.95. The van der Waals surface area contributed by atoms with E-state index in [1.807, 2.05) is 49.4 Å². The first-order valence-corrected chi connectivity index (χ1v) is 9.49. The van der Waals surface area contributed by atoms with Crippen molar-refractivity contribution in [1.29, 1.82) is 0 Å². The SMILES string of the molecule is Cc1c(C(=O)Oc2ccccc2COC(=O)[C@@H](N)CO)cccc1-c1ccccc1. The van der Waals surface area contributed by atoms with Crippen LogP contribution in [0.25, 0.3) is 11.1 Å². The number of benzene rings is 3. The third-order valence-corrected chi connectivity index (χ3v) is 4.68. The zero-order valence-electron chi connectivity index (χ0n) is 16.6. The van der Waals surface area contributed by atoms with Crippen molar-refractivity contribution in [2.24, 2.45) is 5.73 Å². The fourth-order valence-electron chi connectivity index (χ4n) is 3.00. The quantitative estimate of drug-likeness (QED) is 0.462. The minimum Gasteiger partial charge on any atom is -0.459 e. The Bertz CT molecular complexity index is 1030. The van der Waals surface area contributed by atoms with Gasteiger partial charge in [0.15, 0.2) is 0 Å². The van der Waals surface area contributed by atoms with E-state index in [4.69, 9.17) is 20.3 Å². The van der Waals surface area contributed by atoms with Gasteiger partial charge in [0.1, 0.15) is 18.4 Å². The van der Waals surface area contributed by atoms with Gasteiger partial charge in [-0.1, -0.05) is 60.7 Å². The molecule has 0 spiro atoms. The van der Waals surface area contributed by atoms with Crippen molar-refractivity contribution < 1.29 is 24.2 Å². The van der Waals surface area contributed by atoms with E-state index < -0.39 is 24.6 Å². The Balaban J connectivity index is 1.80. The fraction of sp³-hybridized carbons (Fsp3) is 0.167. The van der Waals surface area contributed by atoms with Crippen molar-refractivity contribution in [3.8, 4) is 16.9 Å². The monoisotopic (exact) mass is 405 g/mol. The molecule has 3 rings (SSSR count). The summed E-state index contributed by atoms with van der Waals surface area (Å²) in [5.74, 6) is -0.946. The summed E-state index contributed by atoms with van der Waals surface area (Å²) in [5.41, 5.74) is 9.18. The standard InChI is InChI=1S/C24H23NO5/c1-16-19(17-8-3-2-4-9-17)11-7-12-20(16)23(27)30-22-13-6-5-10-18(22)15-29-24(28)21(25)14-26/h2-13,21,26H,14-15,25H2,1H3/t21-/m0/s1. The first kappa shape index (κ1) is 21.2. The molecule has 0 aliphatic heterocycles. The van der Waals surface area contributed by atoms with Crippen LogP contribution in [0.5, 0.6) is 5.75 Å². The van der Waals surface area contributed by atoms with E-state index in [1.54, 1.807) is 30.3 Å². The van der Waals surface area contributed by atoms with E-state index in [9.17, 15) is 9.59 Å². The van der Waals surface area contributed by atoms with Crippen molar-refractivity contribution in [3.63, 3.8) is 0 Å². The Morgan fingerprint density at radius 3 is 2.40 bits per heavy atom. The van der Waals surface area contributed by atoms with E-state index in [-0.39, 0.29) is 12.4 Å².